The quantitative estimate of drug-likeness (QED) is 0.402. The standard InChI is InChI=1S/C11H8BrFO4/c1-17-11(16)10(15)5-9(14)7-3-2-6(13)4-8(7)12/h2-5,14H,1H3/b9-5-. The first kappa shape index (κ1) is 13.4. The fraction of sp³-hybridized carbons (Fsp3) is 0.0909. The fourth-order valence-electron chi connectivity index (χ4n) is 1.06. The van der Waals surface area contributed by atoms with E-state index in [1.165, 1.54) is 6.07 Å². The van der Waals surface area contributed by atoms with Crippen molar-refractivity contribution in [2.75, 3.05) is 7.11 Å². The SMILES string of the molecule is COC(=O)C(=O)/C=C(\O)c1ccc(F)cc1Br. The molecule has 90 valence electrons. The molecule has 0 radical (unpaired) electrons. The predicted molar refractivity (Wildman–Crippen MR) is 61.7 cm³/mol. The molecule has 1 aromatic rings. The second-order valence-electron chi connectivity index (χ2n) is 3.01. The van der Waals surface area contributed by atoms with Gasteiger partial charge in [0.1, 0.15) is 11.6 Å². The Labute approximate surface area is 105 Å². The lowest BCUT2D eigenvalue weighted by Gasteiger charge is -2.03. The van der Waals surface area contributed by atoms with Crippen LogP contribution in [0.2, 0.25) is 0 Å². The maximum atomic E-state index is 12.8. The minimum Gasteiger partial charge on any atom is -0.507 e. The molecule has 6 heteroatoms. The molecule has 1 rings (SSSR count). The normalized spacial score (nSPS) is 11.1. The number of aliphatic hydroxyl groups excluding tert-OH is 1. The molecule has 0 aliphatic carbocycles. The average molecular weight is 303 g/mol. The molecule has 17 heavy (non-hydrogen) atoms. The minimum atomic E-state index is -1.09. The summed E-state index contributed by atoms with van der Waals surface area (Å²) in [7, 11) is 1.05. The zero-order chi connectivity index (χ0) is 13.0. The largest absolute Gasteiger partial charge is 0.507 e. The number of aliphatic hydroxyl groups is 1. The molecule has 0 fully saturated rings. The molecule has 0 aromatic heterocycles. The predicted octanol–water partition coefficient (Wildman–Crippen LogP) is 2.23. The van der Waals surface area contributed by atoms with Crippen LogP contribution in [0.4, 0.5) is 4.39 Å². The molecule has 0 bridgehead atoms. The molecule has 1 N–H and O–H groups in total. The zero-order valence-electron chi connectivity index (χ0n) is 8.74. The van der Waals surface area contributed by atoms with Gasteiger partial charge in [-0.2, -0.15) is 0 Å². The van der Waals surface area contributed by atoms with E-state index in [9.17, 15) is 19.1 Å². The summed E-state index contributed by atoms with van der Waals surface area (Å²) in [4.78, 5) is 22.0. The van der Waals surface area contributed by atoms with Crippen molar-refractivity contribution in [3.63, 3.8) is 0 Å². The van der Waals surface area contributed by atoms with Gasteiger partial charge in [0.15, 0.2) is 0 Å². The number of methoxy groups -OCH3 is 1. The van der Waals surface area contributed by atoms with Crippen molar-refractivity contribution in [2.45, 2.75) is 0 Å². The number of esters is 1. The third-order valence-corrected chi connectivity index (χ3v) is 2.52. The summed E-state index contributed by atoms with van der Waals surface area (Å²) in [5, 5.41) is 9.59. The van der Waals surface area contributed by atoms with Gasteiger partial charge in [-0.25, -0.2) is 9.18 Å². The number of carbonyl (C=O) groups is 2. The Hall–Kier alpha value is -1.69. The maximum absolute atomic E-state index is 12.8. The Kier molecular flexibility index (Phi) is 4.39. The van der Waals surface area contributed by atoms with E-state index in [1.54, 1.807) is 0 Å². The lowest BCUT2D eigenvalue weighted by Crippen LogP contribution is -2.13. The van der Waals surface area contributed by atoms with Gasteiger partial charge in [0.25, 0.3) is 5.78 Å². The number of hydrogen-bond donors (Lipinski definition) is 1. The summed E-state index contributed by atoms with van der Waals surface area (Å²) >= 11 is 3.02. The number of ether oxygens (including phenoxy) is 1. The molecule has 0 unspecified atom stereocenters. The van der Waals surface area contributed by atoms with Gasteiger partial charge in [0, 0.05) is 16.1 Å². The van der Waals surface area contributed by atoms with Gasteiger partial charge < -0.3 is 9.84 Å². The van der Waals surface area contributed by atoms with E-state index in [-0.39, 0.29) is 10.0 Å². The van der Waals surface area contributed by atoms with Gasteiger partial charge in [-0.1, -0.05) is 0 Å². The van der Waals surface area contributed by atoms with Crippen molar-refractivity contribution < 1.29 is 23.8 Å². The summed E-state index contributed by atoms with van der Waals surface area (Å²) in [5.74, 6) is -3.03. The smallest absolute Gasteiger partial charge is 0.378 e. The van der Waals surface area contributed by atoms with Gasteiger partial charge in [0.2, 0.25) is 0 Å². The molecule has 0 atom stereocenters. The monoisotopic (exact) mass is 302 g/mol. The van der Waals surface area contributed by atoms with Gasteiger partial charge in [0.05, 0.1) is 7.11 Å². The number of rotatable bonds is 3. The van der Waals surface area contributed by atoms with E-state index in [0.29, 0.717) is 6.08 Å². The van der Waals surface area contributed by atoms with E-state index in [4.69, 9.17) is 0 Å². The Balaban J connectivity index is 3.04. The van der Waals surface area contributed by atoms with Gasteiger partial charge in [-0.05, 0) is 34.1 Å². The minimum absolute atomic E-state index is 0.198. The highest BCUT2D eigenvalue weighted by atomic mass is 79.9. The number of halogens is 2. The van der Waals surface area contributed by atoms with Crippen LogP contribution < -0.4 is 0 Å². The lowest BCUT2D eigenvalue weighted by atomic mass is 10.1. The number of benzene rings is 1. The van der Waals surface area contributed by atoms with Crippen molar-refractivity contribution in [2.24, 2.45) is 0 Å². The van der Waals surface area contributed by atoms with E-state index < -0.39 is 23.3 Å². The van der Waals surface area contributed by atoms with Crippen LogP contribution >= 0.6 is 15.9 Å². The van der Waals surface area contributed by atoms with Crippen molar-refractivity contribution in [3.8, 4) is 0 Å². The maximum Gasteiger partial charge on any atom is 0.378 e. The Morgan fingerprint density at radius 2 is 2.12 bits per heavy atom. The number of hydrogen-bond acceptors (Lipinski definition) is 4. The summed E-state index contributed by atoms with van der Waals surface area (Å²) in [6.45, 7) is 0. The zero-order valence-corrected chi connectivity index (χ0v) is 10.3. The van der Waals surface area contributed by atoms with Crippen LogP contribution in [0.5, 0.6) is 0 Å². The molecule has 0 heterocycles. The highest BCUT2D eigenvalue weighted by molar-refractivity contribution is 9.10. The van der Waals surface area contributed by atoms with Crippen LogP contribution in [0, 0.1) is 5.82 Å². The molecule has 4 nitrogen and oxygen atoms in total. The first-order valence-corrected chi connectivity index (χ1v) is 5.23. The summed E-state index contributed by atoms with van der Waals surface area (Å²) < 4.78 is 17.2. The van der Waals surface area contributed by atoms with Crippen molar-refractivity contribution >= 4 is 33.4 Å². The second-order valence-corrected chi connectivity index (χ2v) is 3.86. The number of carbonyl (C=O) groups excluding carboxylic acids is 2. The average Bonchev–Trinajstić information content (AvgIpc) is 2.27. The van der Waals surface area contributed by atoms with Crippen LogP contribution in [-0.4, -0.2) is 24.0 Å². The van der Waals surface area contributed by atoms with E-state index in [0.717, 1.165) is 19.2 Å². The van der Waals surface area contributed by atoms with Crippen LogP contribution in [0.15, 0.2) is 28.7 Å². The number of ketones is 1. The highest BCUT2D eigenvalue weighted by Gasteiger charge is 2.14. The van der Waals surface area contributed by atoms with E-state index in [1.807, 2.05) is 0 Å². The van der Waals surface area contributed by atoms with Crippen LogP contribution in [-0.2, 0) is 14.3 Å². The fourth-order valence-corrected chi connectivity index (χ4v) is 1.61. The topological polar surface area (TPSA) is 63.6 Å². The molecule has 0 aliphatic rings. The van der Waals surface area contributed by atoms with Crippen molar-refractivity contribution in [3.05, 3.63) is 40.1 Å². The molecule has 0 saturated carbocycles. The molecule has 1 aromatic carbocycles. The van der Waals surface area contributed by atoms with Crippen LogP contribution in [0.3, 0.4) is 0 Å². The Morgan fingerprint density at radius 3 is 2.65 bits per heavy atom. The first-order valence-electron chi connectivity index (χ1n) is 4.44. The van der Waals surface area contributed by atoms with E-state index >= 15 is 0 Å². The van der Waals surface area contributed by atoms with Crippen molar-refractivity contribution in [1.82, 2.24) is 0 Å². The summed E-state index contributed by atoms with van der Waals surface area (Å²) in [6, 6.07) is 3.52. The Bertz CT molecular complexity index is 496. The highest BCUT2D eigenvalue weighted by Crippen LogP contribution is 2.23. The lowest BCUT2D eigenvalue weighted by molar-refractivity contribution is -0.149. The van der Waals surface area contributed by atoms with Crippen LogP contribution in [0.1, 0.15) is 5.56 Å². The molecule has 0 saturated heterocycles. The van der Waals surface area contributed by atoms with Gasteiger partial charge >= 0.3 is 5.97 Å². The Morgan fingerprint density at radius 1 is 1.47 bits per heavy atom. The van der Waals surface area contributed by atoms with Gasteiger partial charge in [-0.15, -0.1) is 0 Å². The molecular formula is C11H8BrFO4. The molecule has 0 amide bonds. The van der Waals surface area contributed by atoms with Crippen LogP contribution in [0.25, 0.3) is 5.76 Å². The third kappa shape index (κ3) is 3.39. The molecular weight excluding hydrogens is 295 g/mol. The summed E-state index contributed by atoms with van der Waals surface area (Å²) in [6.07, 6.45) is 0.712. The van der Waals surface area contributed by atoms with Gasteiger partial charge in [-0.3, -0.25) is 4.79 Å². The van der Waals surface area contributed by atoms with E-state index in [2.05, 4.69) is 20.7 Å². The first-order chi connectivity index (χ1) is 7.95. The molecule has 0 spiro atoms. The molecule has 0 aliphatic heterocycles. The summed E-state index contributed by atoms with van der Waals surface area (Å²) in [5.41, 5.74) is 0.198. The third-order valence-electron chi connectivity index (χ3n) is 1.86. The van der Waals surface area contributed by atoms with Crippen molar-refractivity contribution in [1.29, 1.82) is 0 Å². The second kappa shape index (κ2) is 5.58.